The van der Waals surface area contributed by atoms with Crippen LogP contribution in [0, 0.1) is 0 Å². The Balaban J connectivity index is 1.82. The van der Waals surface area contributed by atoms with Crippen molar-refractivity contribution in [3.63, 3.8) is 0 Å². The summed E-state index contributed by atoms with van der Waals surface area (Å²) in [5.41, 5.74) is 4.69. The monoisotopic (exact) mass is 438 g/mol. The van der Waals surface area contributed by atoms with Crippen LogP contribution in [0.2, 0.25) is 0 Å². The van der Waals surface area contributed by atoms with Crippen molar-refractivity contribution in [2.24, 2.45) is 0 Å². The lowest BCUT2D eigenvalue weighted by Gasteiger charge is -2.36. The summed E-state index contributed by atoms with van der Waals surface area (Å²) in [7, 11) is 0. The standard InChI is InChI=1S/C20H25F3N6O2/c1-12-10-29(11-13(2)31-12)18-8-16(26-19(27-18)28-3-5-30-6-4-28)14-9-25-17(24)7-15(14)20(21,22)23/h7-9,12-13H,3-6,10-11H2,1-2H3,(H2,24,25)/t12-,13+. The van der Waals surface area contributed by atoms with Crippen molar-refractivity contribution in [2.75, 3.05) is 54.9 Å². The van der Waals surface area contributed by atoms with Crippen molar-refractivity contribution in [2.45, 2.75) is 32.2 Å². The summed E-state index contributed by atoms with van der Waals surface area (Å²) in [5, 5.41) is 0. The summed E-state index contributed by atoms with van der Waals surface area (Å²) in [6.07, 6.45) is -3.54. The Hall–Kier alpha value is -2.66. The predicted octanol–water partition coefficient (Wildman–Crippen LogP) is 2.59. The molecule has 0 radical (unpaired) electrons. The van der Waals surface area contributed by atoms with Crippen LogP contribution in [0.25, 0.3) is 11.3 Å². The smallest absolute Gasteiger partial charge is 0.384 e. The van der Waals surface area contributed by atoms with E-state index >= 15 is 0 Å². The number of nitrogens with zero attached hydrogens (tertiary/aromatic N) is 5. The van der Waals surface area contributed by atoms with Crippen molar-refractivity contribution < 1.29 is 22.6 Å². The van der Waals surface area contributed by atoms with Gasteiger partial charge < -0.3 is 25.0 Å². The number of anilines is 3. The SMILES string of the molecule is C[C@@H]1CN(c2cc(-c3cnc(N)cc3C(F)(F)F)nc(N3CCOCC3)n2)C[C@H](C)O1. The Bertz CT molecular complexity index is 926. The van der Waals surface area contributed by atoms with E-state index in [-0.39, 0.29) is 29.3 Å². The van der Waals surface area contributed by atoms with Crippen LogP contribution in [0.1, 0.15) is 19.4 Å². The molecule has 2 aromatic rings. The quantitative estimate of drug-likeness (QED) is 0.782. The van der Waals surface area contributed by atoms with Crippen LogP contribution in [0.4, 0.5) is 30.8 Å². The number of rotatable bonds is 3. The van der Waals surface area contributed by atoms with Gasteiger partial charge in [0.1, 0.15) is 11.6 Å². The minimum Gasteiger partial charge on any atom is -0.384 e. The van der Waals surface area contributed by atoms with Crippen LogP contribution in [0.5, 0.6) is 0 Å². The number of alkyl halides is 3. The zero-order valence-corrected chi connectivity index (χ0v) is 17.4. The number of pyridine rings is 1. The summed E-state index contributed by atoms with van der Waals surface area (Å²) >= 11 is 0. The van der Waals surface area contributed by atoms with Crippen molar-refractivity contribution in [3.8, 4) is 11.3 Å². The van der Waals surface area contributed by atoms with Crippen molar-refractivity contribution in [3.05, 3.63) is 23.9 Å². The van der Waals surface area contributed by atoms with Gasteiger partial charge in [0.25, 0.3) is 0 Å². The van der Waals surface area contributed by atoms with Gasteiger partial charge in [-0.25, -0.2) is 9.97 Å². The van der Waals surface area contributed by atoms with Gasteiger partial charge in [-0.05, 0) is 19.9 Å². The third-order valence-corrected chi connectivity index (χ3v) is 5.24. The molecule has 2 fully saturated rings. The zero-order valence-electron chi connectivity index (χ0n) is 17.4. The van der Waals surface area contributed by atoms with E-state index < -0.39 is 11.7 Å². The van der Waals surface area contributed by atoms with Gasteiger partial charge in [-0.3, -0.25) is 0 Å². The average molecular weight is 438 g/mol. The number of nitrogens with two attached hydrogens (primary N) is 1. The normalized spacial score (nSPS) is 22.6. The number of ether oxygens (including phenoxy) is 2. The summed E-state index contributed by atoms with van der Waals surface area (Å²) in [6, 6.07) is 2.42. The number of halogens is 3. The van der Waals surface area contributed by atoms with E-state index in [1.54, 1.807) is 6.07 Å². The Morgan fingerprint density at radius 1 is 1.03 bits per heavy atom. The van der Waals surface area contributed by atoms with Crippen molar-refractivity contribution in [1.82, 2.24) is 15.0 Å². The molecule has 11 heteroatoms. The lowest BCUT2D eigenvalue weighted by Crippen LogP contribution is -2.46. The Morgan fingerprint density at radius 2 is 1.71 bits per heavy atom. The third-order valence-electron chi connectivity index (χ3n) is 5.24. The molecule has 168 valence electrons. The second kappa shape index (κ2) is 8.46. The lowest BCUT2D eigenvalue weighted by molar-refractivity contribution is -0.137. The summed E-state index contributed by atoms with van der Waals surface area (Å²) in [4.78, 5) is 17.0. The Labute approximate surface area is 178 Å². The fourth-order valence-electron chi connectivity index (χ4n) is 3.90. The van der Waals surface area contributed by atoms with Crippen LogP contribution in [-0.4, -0.2) is 66.6 Å². The molecule has 0 unspecified atom stereocenters. The predicted molar refractivity (Wildman–Crippen MR) is 110 cm³/mol. The molecule has 0 aliphatic carbocycles. The molecule has 2 N–H and O–H groups in total. The first kappa shape index (κ1) is 21.6. The van der Waals surface area contributed by atoms with E-state index in [4.69, 9.17) is 15.2 Å². The first-order valence-electron chi connectivity index (χ1n) is 10.2. The molecule has 31 heavy (non-hydrogen) atoms. The highest BCUT2D eigenvalue weighted by atomic mass is 19.4. The zero-order chi connectivity index (χ0) is 22.2. The number of hydrogen-bond donors (Lipinski definition) is 1. The topological polar surface area (TPSA) is 89.6 Å². The summed E-state index contributed by atoms with van der Waals surface area (Å²) in [6.45, 7) is 7.21. The number of morpholine rings is 2. The van der Waals surface area contributed by atoms with Crippen LogP contribution in [0.3, 0.4) is 0 Å². The van der Waals surface area contributed by atoms with Gasteiger partial charge in [0.05, 0.1) is 36.7 Å². The van der Waals surface area contributed by atoms with Gasteiger partial charge in [0, 0.05) is 44.0 Å². The maximum atomic E-state index is 13.7. The molecule has 0 amide bonds. The first-order valence-corrected chi connectivity index (χ1v) is 10.2. The van der Waals surface area contributed by atoms with Gasteiger partial charge in [-0.1, -0.05) is 0 Å². The highest BCUT2D eigenvalue weighted by Crippen LogP contribution is 2.38. The van der Waals surface area contributed by atoms with E-state index in [1.807, 2.05) is 23.6 Å². The van der Waals surface area contributed by atoms with Crippen LogP contribution >= 0.6 is 0 Å². The molecule has 0 bridgehead atoms. The molecule has 8 nitrogen and oxygen atoms in total. The number of nitrogen functional groups attached to an aromatic ring is 1. The maximum absolute atomic E-state index is 13.7. The van der Waals surface area contributed by atoms with E-state index in [2.05, 4.69) is 15.0 Å². The fourth-order valence-corrected chi connectivity index (χ4v) is 3.90. The second-order valence-electron chi connectivity index (χ2n) is 7.83. The Morgan fingerprint density at radius 3 is 2.35 bits per heavy atom. The molecular weight excluding hydrogens is 413 g/mol. The van der Waals surface area contributed by atoms with Crippen LogP contribution in [0.15, 0.2) is 18.3 Å². The Kier molecular flexibility index (Phi) is 5.89. The highest BCUT2D eigenvalue weighted by molar-refractivity contribution is 5.69. The average Bonchev–Trinajstić information content (AvgIpc) is 2.73. The minimum atomic E-state index is -4.60. The van der Waals surface area contributed by atoms with Gasteiger partial charge in [-0.15, -0.1) is 0 Å². The molecule has 4 heterocycles. The van der Waals surface area contributed by atoms with Gasteiger partial charge in [0.15, 0.2) is 0 Å². The third kappa shape index (κ3) is 4.82. The van der Waals surface area contributed by atoms with Crippen LogP contribution < -0.4 is 15.5 Å². The van der Waals surface area contributed by atoms with Crippen LogP contribution in [-0.2, 0) is 15.7 Å². The molecule has 0 saturated carbocycles. The minimum absolute atomic E-state index is 0.0297. The van der Waals surface area contributed by atoms with Gasteiger partial charge >= 0.3 is 6.18 Å². The molecule has 0 spiro atoms. The lowest BCUT2D eigenvalue weighted by atomic mass is 10.1. The number of hydrogen-bond acceptors (Lipinski definition) is 8. The highest BCUT2D eigenvalue weighted by Gasteiger charge is 2.35. The summed E-state index contributed by atoms with van der Waals surface area (Å²) in [5.74, 6) is 0.723. The molecule has 2 aromatic heterocycles. The van der Waals surface area contributed by atoms with Gasteiger partial charge in [-0.2, -0.15) is 18.2 Å². The largest absolute Gasteiger partial charge is 0.417 e. The molecule has 0 aromatic carbocycles. The first-order chi connectivity index (χ1) is 14.7. The van der Waals surface area contributed by atoms with E-state index in [9.17, 15) is 13.2 Å². The van der Waals surface area contributed by atoms with E-state index in [0.29, 0.717) is 51.2 Å². The molecular formula is C20H25F3N6O2. The molecule has 2 saturated heterocycles. The van der Waals surface area contributed by atoms with Crippen molar-refractivity contribution in [1.29, 1.82) is 0 Å². The summed E-state index contributed by atoms with van der Waals surface area (Å²) < 4.78 is 52.4. The fraction of sp³-hybridized carbons (Fsp3) is 0.550. The molecule has 2 aliphatic heterocycles. The van der Waals surface area contributed by atoms with E-state index in [0.717, 1.165) is 12.3 Å². The van der Waals surface area contributed by atoms with Crippen molar-refractivity contribution >= 4 is 17.6 Å². The second-order valence-corrected chi connectivity index (χ2v) is 7.83. The molecule has 2 aliphatic rings. The maximum Gasteiger partial charge on any atom is 0.417 e. The molecule has 2 atom stereocenters. The van der Waals surface area contributed by atoms with E-state index in [1.165, 1.54) is 0 Å². The molecule has 4 rings (SSSR count). The van der Waals surface area contributed by atoms with Gasteiger partial charge in [0.2, 0.25) is 5.95 Å². The number of aromatic nitrogens is 3.